The molecule has 0 radical (unpaired) electrons. The SMILES string of the molecule is CCC(C)C(=O)Nc1nc(-c2ccccc2Cl)cs1. The number of halogens is 1. The first-order valence-corrected chi connectivity index (χ1v) is 7.39. The molecule has 19 heavy (non-hydrogen) atoms. The molecule has 0 saturated carbocycles. The summed E-state index contributed by atoms with van der Waals surface area (Å²) in [5.74, 6) is -0.00442. The van der Waals surface area contributed by atoms with Crippen molar-refractivity contribution in [3.05, 3.63) is 34.7 Å². The highest BCUT2D eigenvalue weighted by Gasteiger charge is 2.13. The van der Waals surface area contributed by atoms with Gasteiger partial charge in [0.1, 0.15) is 0 Å². The number of nitrogens with zero attached hydrogens (tertiary/aromatic N) is 1. The van der Waals surface area contributed by atoms with Crippen LogP contribution in [0.1, 0.15) is 20.3 Å². The number of hydrogen-bond donors (Lipinski definition) is 1. The van der Waals surface area contributed by atoms with E-state index < -0.39 is 0 Å². The summed E-state index contributed by atoms with van der Waals surface area (Å²) < 4.78 is 0. The van der Waals surface area contributed by atoms with Crippen LogP contribution in [-0.4, -0.2) is 10.9 Å². The van der Waals surface area contributed by atoms with E-state index in [2.05, 4.69) is 10.3 Å². The maximum Gasteiger partial charge on any atom is 0.228 e. The predicted molar refractivity (Wildman–Crippen MR) is 80.6 cm³/mol. The van der Waals surface area contributed by atoms with Crippen LogP contribution < -0.4 is 5.32 Å². The lowest BCUT2D eigenvalue weighted by molar-refractivity contribution is -0.119. The van der Waals surface area contributed by atoms with Crippen molar-refractivity contribution in [3.63, 3.8) is 0 Å². The molecule has 1 amide bonds. The van der Waals surface area contributed by atoms with Gasteiger partial charge in [-0.1, -0.05) is 43.6 Å². The average molecular weight is 295 g/mol. The highest BCUT2D eigenvalue weighted by atomic mass is 35.5. The van der Waals surface area contributed by atoms with E-state index in [1.807, 2.05) is 43.5 Å². The molecule has 0 fully saturated rings. The third-order valence-electron chi connectivity index (χ3n) is 2.94. The molecule has 100 valence electrons. The zero-order valence-corrected chi connectivity index (χ0v) is 12.4. The second-order valence-corrected chi connectivity index (χ2v) is 5.58. The maximum absolute atomic E-state index is 11.8. The largest absolute Gasteiger partial charge is 0.302 e. The highest BCUT2D eigenvalue weighted by molar-refractivity contribution is 7.14. The van der Waals surface area contributed by atoms with Crippen LogP contribution >= 0.6 is 22.9 Å². The molecule has 2 aromatic rings. The van der Waals surface area contributed by atoms with Crippen molar-refractivity contribution in [2.75, 3.05) is 5.32 Å². The van der Waals surface area contributed by atoms with E-state index in [-0.39, 0.29) is 11.8 Å². The van der Waals surface area contributed by atoms with Gasteiger partial charge in [0.25, 0.3) is 0 Å². The van der Waals surface area contributed by atoms with Gasteiger partial charge in [0.15, 0.2) is 5.13 Å². The first kappa shape index (κ1) is 14.0. The van der Waals surface area contributed by atoms with Gasteiger partial charge in [-0.05, 0) is 12.5 Å². The summed E-state index contributed by atoms with van der Waals surface area (Å²) >= 11 is 7.53. The zero-order valence-electron chi connectivity index (χ0n) is 10.8. The van der Waals surface area contributed by atoms with E-state index in [4.69, 9.17) is 11.6 Å². The second kappa shape index (κ2) is 6.17. The topological polar surface area (TPSA) is 42.0 Å². The molecule has 0 aliphatic rings. The van der Waals surface area contributed by atoms with Crippen molar-refractivity contribution < 1.29 is 4.79 Å². The molecule has 1 unspecified atom stereocenters. The number of thiazole rings is 1. The summed E-state index contributed by atoms with van der Waals surface area (Å²) in [7, 11) is 0. The van der Waals surface area contributed by atoms with Gasteiger partial charge in [-0.25, -0.2) is 4.98 Å². The molecule has 5 heteroatoms. The van der Waals surface area contributed by atoms with Gasteiger partial charge in [-0.3, -0.25) is 4.79 Å². The summed E-state index contributed by atoms with van der Waals surface area (Å²) in [4.78, 5) is 16.2. The predicted octanol–water partition coefficient (Wildman–Crippen LogP) is 4.45. The van der Waals surface area contributed by atoms with Crippen molar-refractivity contribution in [1.82, 2.24) is 4.98 Å². The number of aromatic nitrogens is 1. The molecule has 2 rings (SSSR count). The average Bonchev–Trinajstić information content (AvgIpc) is 2.86. The van der Waals surface area contributed by atoms with Gasteiger partial charge in [0, 0.05) is 21.9 Å². The fraction of sp³-hybridized carbons (Fsp3) is 0.286. The number of benzene rings is 1. The van der Waals surface area contributed by atoms with Crippen molar-refractivity contribution in [3.8, 4) is 11.3 Å². The van der Waals surface area contributed by atoms with E-state index in [0.29, 0.717) is 10.2 Å². The molecular weight excluding hydrogens is 280 g/mol. The van der Waals surface area contributed by atoms with Gasteiger partial charge in [0.2, 0.25) is 5.91 Å². The number of carbonyl (C=O) groups is 1. The van der Waals surface area contributed by atoms with E-state index in [9.17, 15) is 4.79 Å². The molecule has 1 N–H and O–H groups in total. The van der Waals surface area contributed by atoms with Crippen molar-refractivity contribution in [2.45, 2.75) is 20.3 Å². The minimum Gasteiger partial charge on any atom is -0.302 e. The van der Waals surface area contributed by atoms with Crippen LogP contribution in [0.4, 0.5) is 5.13 Å². The molecule has 0 aliphatic carbocycles. The van der Waals surface area contributed by atoms with E-state index >= 15 is 0 Å². The van der Waals surface area contributed by atoms with Crippen LogP contribution in [0, 0.1) is 5.92 Å². The third kappa shape index (κ3) is 3.33. The lowest BCUT2D eigenvalue weighted by Crippen LogP contribution is -2.19. The highest BCUT2D eigenvalue weighted by Crippen LogP contribution is 2.30. The summed E-state index contributed by atoms with van der Waals surface area (Å²) in [6.07, 6.45) is 0.814. The minimum absolute atomic E-state index is 0.00237. The Morgan fingerprint density at radius 1 is 1.47 bits per heavy atom. The zero-order chi connectivity index (χ0) is 13.8. The molecule has 0 spiro atoms. The van der Waals surface area contributed by atoms with Crippen LogP contribution in [0.25, 0.3) is 11.3 Å². The first-order chi connectivity index (χ1) is 9.11. The number of nitrogens with one attached hydrogen (secondary N) is 1. The quantitative estimate of drug-likeness (QED) is 0.905. The molecule has 0 aliphatic heterocycles. The normalized spacial score (nSPS) is 12.2. The Labute approximate surface area is 121 Å². The molecular formula is C14H15ClN2OS. The Kier molecular flexibility index (Phi) is 4.56. The number of amides is 1. The van der Waals surface area contributed by atoms with Gasteiger partial charge in [0.05, 0.1) is 5.69 Å². The van der Waals surface area contributed by atoms with Crippen molar-refractivity contribution >= 4 is 34.0 Å². The Balaban J connectivity index is 2.16. The monoisotopic (exact) mass is 294 g/mol. The Hall–Kier alpha value is -1.39. The smallest absolute Gasteiger partial charge is 0.228 e. The van der Waals surface area contributed by atoms with Crippen LogP contribution in [-0.2, 0) is 4.79 Å². The standard InChI is InChI=1S/C14H15ClN2OS/c1-3-9(2)13(18)17-14-16-12(8-19-14)10-6-4-5-7-11(10)15/h4-9H,3H2,1-2H3,(H,16,17,18). The summed E-state index contributed by atoms with van der Waals surface area (Å²) in [5, 5.41) is 6.00. The van der Waals surface area contributed by atoms with Crippen LogP contribution in [0.2, 0.25) is 5.02 Å². The van der Waals surface area contributed by atoms with Gasteiger partial charge >= 0.3 is 0 Å². The summed E-state index contributed by atoms with van der Waals surface area (Å²) in [5.41, 5.74) is 1.67. The van der Waals surface area contributed by atoms with Crippen LogP contribution in [0.5, 0.6) is 0 Å². The molecule has 1 aromatic heterocycles. The fourth-order valence-corrected chi connectivity index (χ4v) is 2.48. The fourth-order valence-electron chi connectivity index (χ4n) is 1.54. The van der Waals surface area contributed by atoms with Crippen molar-refractivity contribution in [2.24, 2.45) is 5.92 Å². The summed E-state index contributed by atoms with van der Waals surface area (Å²) in [6.45, 7) is 3.89. The molecule has 1 heterocycles. The maximum atomic E-state index is 11.8. The van der Waals surface area contributed by atoms with Gasteiger partial charge < -0.3 is 5.32 Å². The number of rotatable bonds is 4. The third-order valence-corrected chi connectivity index (χ3v) is 4.03. The van der Waals surface area contributed by atoms with Crippen LogP contribution in [0.15, 0.2) is 29.6 Å². The Morgan fingerprint density at radius 3 is 2.89 bits per heavy atom. The first-order valence-electron chi connectivity index (χ1n) is 6.13. The number of anilines is 1. The van der Waals surface area contributed by atoms with Gasteiger partial charge in [-0.15, -0.1) is 11.3 Å². The minimum atomic E-state index is -0.00679. The second-order valence-electron chi connectivity index (χ2n) is 4.32. The number of hydrogen-bond acceptors (Lipinski definition) is 3. The molecule has 1 atom stereocenters. The van der Waals surface area contributed by atoms with Crippen LogP contribution in [0.3, 0.4) is 0 Å². The molecule has 0 saturated heterocycles. The molecule has 3 nitrogen and oxygen atoms in total. The van der Waals surface area contributed by atoms with Crippen molar-refractivity contribution in [1.29, 1.82) is 0 Å². The van der Waals surface area contributed by atoms with E-state index in [1.54, 1.807) is 0 Å². The summed E-state index contributed by atoms with van der Waals surface area (Å²) in [6, 6.07) is 7.53. The molecule has 0 bridgehead atoms. The lowest BCUT2D eigenvalue weighted by Gasteiger charge is -2.06. The van der Waals surface area contributed by atoms with E-state index in [1.165, 1.54) is 11.3 Å². The molecule has 1 aromatic carbocycles. The Morgan fingerprint density at radius 2 is 2.21 bits per heavy atom. The lowest BCUT2D eigenvalue weighted by atomic mass is 10.1. The van der Waals surface area contributed by atoms with E-state index in [0.717, 1.165) is 17.7 Å². The number of carbonyl (C=O) groups excluding carboxylic acids is 1. The van der Waals surface area contributed by atoms with Gasteiger partial charge in [-0.2, -0.15) is 0 Å². The Bertz CT molecular complexity index is 582.